The summed E-state index contributed by atoms with van der Waals surface area (Å²) in [4.78, 5) is 2.40. The highest BCUT2D eigenvalue weighted by atomic mass is 35.5. The van der Waals surface area contributed by atoms with Gasteiger partial charge in [-0.25, -0.2) is 0 Å². The molecule has 2 saturated heterocycles. The molecule has 0 aliphatic carbocycles. The lowest BCUT2D eigenvalue weighted by molar-refractivity contribution is -0.0328. The number of nitrogens with one attached hydrogen (secondary N) is 1. The van der Waals surface area contributed by atoms with E-state index in [2.05, 4.69) is 10.2 Å². The van der Waals surface area contributed by atoms with Crippen molar-refractivity contribution < 1.29 is 23.0 Å². The van der Waals surface area contributed by atoms with E-state index in [1.807, 2.05) is 0 Å². The van der Waals surface area contributed by atoms with Crippen LogP contribution < -0.4 is 5.32 Å². The summed E-state index contributed by atoms with van der Waals surface area (Å²) in [7, 11) is 0. The van der Waals surface area contributed by atoms with Crippen molar-refractivity contribution in [1.29, 1.82) is 0 Å². The number of aromatic hydroxyl groups is 1. The van der Waals surface area contributed by atoms with Crippen LogP contribution in [0.3, 0.4) is 0 Å². The molecule has 156 valence electrons. The second kappa shape index (κ2) is 11.0. The van der Waals surface area contributed by atoms with Gasteiger partial charge in [0, 0.05) is 55.9 Å². The number of phenolic OH excluding ortho intramolecular Hbond substituents is 1. The van der Waals surface area contributed by atoms with Crippen molar-refractivity contribution in [2.45, 2.75) is 29.3 Å². The molecule has 0 saturated carbocycles. The van der Waals surface area contributed by atoms with Gasteiger partial charge in [-0.05, 0) is 48.7 Å². The first kappa shape index (κ1) is 24.7. The molecule has 1 aromatic rings. The van der Waals surface area contributed by atoms with E-state index in [1.54, 1.807) is 0 Å². The van der Waals surface area contributed by atoms with Crippen LogP contribution in [0.1, 0.15) is 24.4 Å². The Morgan fingerprint density at radius 2 is 1.78 bits per heavy atom. The van der Waals surface area contributed by atoms with Crippen LogP contribution >= 0.6 is 36.6 Å². The quantitative estimate of drug-likeness (QED) is 0.675. The molecule has 2 N–H and O–H groups in total. The molecular weight excluding hydrogens is 424 g/mol. The van der Waals surface area contributed by atoms with E-state index in [0.29, 0.717) is 18.8 Å². The summed E-state index contributed by atoms with van der Waals surface area (Å²) in [5.41, 5.74) is -3.74. The van der Waals surface area contributed by atoms with Gasteiger partial charge in [-0.2, -0.15) is 13.2 Å². The molecule has 0 radical (unpaired) electrons. The van der Waals surface area contributed by atoms with Crippen molar-refractivity contribution in [3.63, 3.8) is 0 Å². The van der Waals surface area contributed by atoms with Crippen molar-refractivity contribution >= 4 is 36.6 Å². The summed E-state index contributed by atoms with van der Waals surface area (Å²) >= 11 is -0.132. The van der Waals surface area contributed by atoms with E-state index < -0.39 is 5.51 Å². The molecule has 0 unspecified atom stereocenters. The second-order valence-corrected chi connectivity index (χ2v) is 7.59. The summed E-state index contributed by atoms with van der Waals surface area (Å²) in [6.07, 6.45) is 1.70. The molecule has 10 heteroatoms. The number of benzene rings is 1. The Labute approximate surface area is 174 Å². The van der Waals surface area contributed by atoms with Crippen LogP contribution in [0.5, 0.6) is 5.75 Å². The van der Waals surface area contributed by atoms with Gasteiger partial charge in [-0.3, -0.25) is 4.90 Å². The van der Waals surface area contributed by atoms with Gasteiger partial charge < -0.3 is 15.2 Å². The van der Waals surface area contributed by atoms with E-state index in [0.717, 1.165) is 39.0 Å². The number of thioether (sulfide) groups is 1. The predicted octanol–water partition coefficient (Wildman–Crippen LogP) is 4.22. The van der Waals surface area contributed by atoms with Crippen molar-refractivity contribution in [1.82, 2.24) is 10.2 Å². The van der Waals surface area contributed by atoms with Crippen LogP contribution in [0, 0.1) is 5.92 Å². The average Bonchev–Trinajstić information content (AvgIpc) is 2.59. The normalized spacial score (nSPS) is 20.4. The number of nitrogens with zero attached hydrogens (tertiary/aromatic N) is 1. The highest BCUT2D eigenvalue weighted by Gasteiger charge is 2.34. The Morgan fingerprint density at radius 1 is 1.15 bits per heavy atom. The molecule has 2 aliphatic rings. The number of rotatable bonds is 4. The first-order valence-corrected chi connectivity index (χ1v) is 9.37. The highest BCUT2D eigenvalue weighted by Crippen LogP contribution is 2.43. The predicted molar refractivity (Wildman–Crippen MR) is 105 cm³/mol. The monoisotopic (exact) mass is 448 g/mol. The maximum absolute atomic E-state index is 12.7. The lowest BCUT2D eigenvalue weighted by Gasteiger charge is -2.41. The minimum absolute atomic E-state index is 0. The number of phenols is 1. The molecule has 3 rings (SSSR count). The summed E-state index contributed by atoms with van der Waals surface area (Å²) in [6, 6.07) is 4.14. The van der Waals surface area contributed by atoms with Gasteiger partial charge in [0.25, 0.3) is 0 Å². The third-order valence-electron chi connectivity index (χ3n) is 4.81. The van der Waals surface area contributed by atoms with Gasteiger partial charge in [0.1, 0.15) is 5.75 Å². The summed E-state index contributed by atoms with van der Waals surface area (Å²) < 4.78 is 43.7. The van der Waals surface area contributed by atoms with Gasteiger partial charge in [0.15, 0.2) is 0 Å². The fraction of sp³-hybridized carbons (Fsp3) is 0.647. The lowest BCUT2D eigenvalue weighted by Crippen LogP contribution is -2.47. The minimum atomic E-state index is -4.34. The lowest BCUT2D eigenvalue weighted by atomic mass is 9.85. The van der Waals surface area contributed by atoms with Crippen LogP contribution in [0.4, 0.5) is 13.2 Å². The van der Waals surface area contributed by atoms with Crippen molar-refractivity contribution in [3.05, 3.63) is 23.8 Å². The molecule has 2 heterocycles. The van der Waals surface area contributed by atoms with Crippen LogP contribution in [0.25, 0.3) is 0 Å². The Bertz CT molecular complexity index is 566. The summed E-state index contributed by atoms with van der Waals surface area (Å²) in [6.45, 7) is 4.64. The fourth-order valence-electron chi connectivity index (χ4n) is 3.71. The van der Waals surface area contributed by atoms with Crippen LogP contribution in [-0.2, 0) is 4.74 Å². The zero-order valence-corrected chi connectivity index (χ0v) is 17.2. The molecule has 2 aliphatic heterocycles. The number of hydrogen-bond acceptors (Lipinski definition) is 5. The summed E-state index contributed by atoms with van der Waals surface area (Å²) in [5, 5.41) is 13.7. The SMILES string of the molecule is Cl.Cl.Oc1ccc(SC(F)(F)F)cc1[C@@H](C1CCOCC1)N1CCNCC1. The molecule has 27 heavy (non-hydrogen) atoms. The van der Waals surface area contributed by atoms with Crippen molar-refractivity contribution in [2.24, 2.45) is 5.92 Å². The van der Waals surface area contributed by atoms with Crippen LogP contribution in [0.15, 0.2) is 23.1 Å². The first-order valence-electron chi connectivity index (χ1n) is 8.55. The maximum atomic E-state index is 12.7. The standard InChI is InChI=1S/C17H23F3N2O2S.2ClH/c18-17(19,20)25-13-1-2-15(23)14(11-13)16(12-3-9-24-10-4-12)22-7-5-21-6-8-22;;/h1-2,11-12,16,21,23H,3-10H2;2*1H/t16-;;/m1../s1. The zero-order valence-electron chi connectivity index (χ0n) is 14.7. The molecule has 0 amide bonds. The van der Waals surface area contributed by atoms with Gasteiger partial charge in [-0.1, -0.05) is 0 Å². The number of piperazine rings is 1. The first-order chi connectivity index (χ1) is 11.9. The molecule has 0 bridgehead atoms. The number of alkyl halides is 3. The van der Waals surface area contributed by atoms with Gasteiger partial charge in [0.05, 0.1) is 0 Å². The Balaban J connectivity index is 0.00000182. The van der Waals surface area contributed by atoms with Crippen LogP contribution in [-0.4, -0.2) is 54.9 Å². The van der Waals surface area contributed by atoms with Gasteiger partial charge >= 0.3 is 5.51 Å². The fourth-order valence-corrected chi connectivity index (χ4v) is 4.30. The van der Waals surface area contributed by atoms with E-state index in [4.69, 9.17) is 4.74 Å². The van der Waals surface area contributed by atoms with E-state index >= 15 is 0 Å². The Kier molecular flexibility index (Phi) is 10.0. The smallest absolute Gasteiger partial charge is 0.446 e. The number of hydrogen-bond donors (Lipinski definition) is 2. The van der Waals surface area contributed by atoms with Crippen molar-refractivity contribution in [3.8, 4) is 5.75 Å². The van der Waals surface area contributed by atoms with Crippen LogP contribution in [0.2, 0.25) is 0 Å². The maximum Gasteiger partial charge on any atom is 0.446 e. The van der Waals surface area contributed by atoms with E-state index in [-0.39, 0.29) is 59.2 Å². The van der Waals surface area contributed by atoms with Crippen molar-refractivity contribution in [2.75, 3.05) is 39.4 Å². The molecule has 0 spiro atoms. The molecule has 2 fully saturated rings. The number of ether oxygens (including phenoxy) is 1. The average molecular weight is 449 g/mol. The molecular formula is C17H25Cl2F3N2O2S. The Morgan fingerprint density at radius 3 is 2.37 bits per heavy atom. The molecule has 4 nitrogen and oxygen atoms in total. The van der Waals surface area contributed by atoms with E-state index in [1.165, 1.54) is 18.2 Å². The topological polar surface area (TPSA) is 44.7 Å². The molecule has 1 atom stereocenters. The second-order valence-electron chi connectivity index (χ2n) is 6.45. The third-order valence-corrected chi connectivity index (χ3v) is 5.53. The van der Waals surface area contributed by atoms with Gasteiger partial charge in [0.2, 0.25) is 0 Å². The Hall–Kier alpha value is -0.380. The zero-order chi connectivity index (χ0) is 17.9. The largest absolute Gasteiger partial charge is 0.508 e. The van der Waals surface area contributed by atoms with Gasteiger partial charge in [-0.15, -0.1) is 24.8 Å². The van der Waals surface area contributed by atoms with E-state index in [9.17, 15) is 18.3 Å². The highest BCUT2D eigenvalue weighted by molar-refractivity contribution is 8.00. The molecule has 0 aromatic heterocycles. The summed E-state index contributed by atoms with van der Waals surface area (Å²) in [5.74, 6) is 0.338. The third kappa shape index (κ3) is 6.87. The minimum Gasteiger partial charge on any atom is -0.508 e. The molecule has 1 aromatic carbocycles. The number of halogens is 5.